The maximum Gasteiger partial charge on any atom is 0.172 e. The molecular formula is C17H28BrNO2. The minimum atomic E-state index is 0.184. The molecule has 0 heterocycles. The average molecular weight is 358 g/mol. The number of rotatable bonds is 9. The molecule has 120 valence electrons. The van der Waals surface area contributed by atoms with Crippen molar-refractivity contribution in [1.29, 1.82) is 0 Å². The monoisotopic (exact) mass is 357 g/mol. The molecule has 1 rings (SSSR count). The van der Waals surface area contributed by atoms with Gasteiger partial charge in [0.25, 0.3) is 0 Å². The van der Waals surface area contributed by atoms with Gasteiger partial charge in [0.2, 0.25) is 0 Å². The summed E-state index contributed by atoms with van der Waals surface area (Å²) in [6.45, 7) is 12.2. The van der Waals surface area contributed by atoms with Crippen LogP contribution in [0.4, 0.5) is 0 Å². The Bertz CT molecular complexity index is 433. The largest absolute Gasteiger partial charge is 0.503 e. The van der Waals surface area contributed by atoms with Gasteiger partial charge in [-0.2, -0.15) is 0 Å². The molecule has 4 heteroatoms. The van der Waals surface area contributed by atoms with Crippen LogP contribution in [0.3, 0.4) is 0 Å². The molecule has 0 saturated heterocycles. The van der Waals surface area contributed by atoms with E-state index in [0.29, 0.717) is 16.8 Å². The van der Waals surface area contributed by atoms with Crippen LogP contribution in [-0.2, 0) is 6.54 Å². The third-order valence-electron chi connectivity index (χ3n) is 3.91. The number of nitrogens with zero attached hydrogens (tertiary/aromatic N) is 1. The molecule has 1 N–H and O–H groups in total. The molecule has 1 aromatic rings. The zero-order valence-corrected chi connectivity index (χ0v) is 15.2. The molecule has 0 amide bonds. The Kier molecular flexibility index (Phi) is 8.12. The maximum absolute atomic E-state index is 9.98. The molecule has 0 fully saturated rings. The molecule has 0 aliphatic heterocycles. The summed E-state index contributed by atoms with van der Waals surface area (Å²) in [5.41, 5.74) is 1.16. The van der Waals surface area contributed by atoms with E-state index in [4.69, 9.17) is 4.74 Å². The van der Waals surface area contributed by atoms with Gasteiger partial charge in [-0.15, -0.1) is 0 Å². The van der Waals surface area contributed by atoms with Crippen molar-refractivity contribution in [2.24, 2.45) is 5.92 Å². The van der Waals surface area contributed by atoms with Gasteiger partial charge < -0.3 is 9.84 Å². The molecule has 0 spiro atoms. The first-order chi connectivity index (χ1) is 10.0. The zero-order valence-electron chi connectivity index (χ0n) is 13.7. The Hall–Kier alpha value is -0.740. The lowest BCUT2D eigenvalue weighted by molar-refractivity contribution is 0.225. The Balaban J connectivity index is 2.84. The summed E-state index contributed by atoms with van der Waals surface area (Å²) in [4.78, 5) is 2.45. The number of phenolic OH excluding ortho intramolecular Hbond substituents is 1. The molecule has 0 aromatic heterocycles. The van der Waals surface area contributed by atoms with Crippen LogP contribution in [0.5, 0.6) is 11.5 Å². The Labute approximate surface area is 137 Å². The van der Waals surface area contributed by atoms with Crippen LogP contribution in [0.2, 0.25) is 0 Å². The van der Waals surface area contributed by atoms with Gasteiger partial charge in [-0.3, -0.25) is 4.90 Å². The van der Waals surface area contributed by atoms with Crippen molar-refractivity contribution in [2.45, 2.75) is 47.1 Å². The van der Waals surface area contributed by atoms with Gasteiger partial charge in [-0.25, -0.2) is 0 Å². The van der Waals surface area contributed by atoms with Crippen LogP contribution < -0.4 is 4.74 Å². The number of halogens is 1. The standard InChI is InChI=1S/C17H28BrNO2/c1-5-13(6-2)11-19(7-3)12-14-9-15(18)17(20)16(10-14)21-8-4/h9-10,13,20H,5-8,11-12H2,1-4H3. The summed E-state index contributed by atoms with van der Waals surface area (Å²) in [7, 11) is 0. The Morgan fingerprint density at radius 1 is 1.19 bits per heavy atom. The van der Waals surface area contributed by atoms with E-state index in [1.165, 1.54) is 12.8 Å². The fourth-order valence-corrected chi connectivity index (χ4v) is 2.95. The molecule has 0 aliphatic rings. The molecule has 21 heavy (non-hydrogen) atoms. The van der Waals surface area contributed by atoms with Crippen LogP contribution >= 0.6 is 15.9 Å². The van der Waals surface area contributed by atoms with Gasteiger partial charge in [0.1, 0.15) is 0 Å². The first kappa shape index (κ1) is 18.3. The van der Waals surface area contributed by atoms with Crippen molar-refractivity contribution in [3.63, 3.8) is 0 Å². The summed E-state index contributed by atoms with van der Waals surface area (Å²) < 4.78 is 6.19. The van der Waals surface area contributed by atoms with E-state index in [0.717, 1.165) is 31.1 Å². The minimum Gasteiger partial charge on any atom is -0.503 e. The van der Waals surface area contributed by atoms with E-state index in [1.807, 2.05) is 19.1 Å². The van der Waals surface area contributed by atoms with E-state index in [-0.39, 0.29) is 5.75 Å². The fraction of sp³-hybridized carbons (Fsp3) is 0.647. The van der Waals surface area contributed by atoms with Crippen molar-refractivity contribution in [3.8, 4) is 11.5 Å². The Morgan fingerprint density at radius 3 is 2.38 bits per heavy atom. The van der Waals surface area contributed by atoms with Gasteiger partial charge in [0.15, 0.2) is 11.5 Å². The van der Waals surface area contributed by atoms with E-state index >= 15 is 0 Å². The average Bonchev–Trinajstić information content (AvgIpc) is 2.48. The van der Waals surface area contributed by atoms with Gasteiger partial charge in [-0.05, 0) is 53.0 Å². The van der Waals surface area contributed by atoms with Crippen LogP contribution in [0.15, 0.2) is 16.6 Å². The predicted octanol–water partition coefficient (Wildman–Crippen LogP) is 4.81. The zero-order chi connectivity index (χ0) is 15.8. The van der Waals surface area contributed by atoms with Crippen molar-refractivity contribution in [3.05, 3.63) is 22.2 Å². The number of phenols is 1. The lowest BCUT2D eigenvalue weighted by Gasteiger charge is -2.25. The summed E-state index contributed by atoms with van der Waals surface area (Å²) in [5.74, 6) is 1.49. The Morgan fingerprint density at radius 2 is 1.86 bits per heavy atom. The topological polar surface area (TPSA) is 32.7 Å². The van der Waals surface area contributed by atoms with Crippen LogP contribution in [0.25, 0.3) is 0 Å². The third-order valence-corrected chi connectivity index (χ3v) is 4.52. The van der Waals surface area contributed by atoms with Crippen molar-refractivity contribution >= 4 is 15.9 Å². The van der Waals surface area contributed by atoms with Crippen LogP contribution in [0, 0.1) is 5.92 Å². The highest BCUT2D eigenvalue weighted by molar-refractivity contribution is 9.10. The van der Waals surface area contributed by atoms with E-state index in [2.05, 4.69) is 41.6 Å². The number of ether oxygens (including phenoxy) is 1. The molecule has 0 saturated carbocycles. The normalized spacial score (nSPS) is 11.4. The van der Waals surface area contributed by atoms with Gasteiger partial charge >= 0.3 is 0 Å². The van der Waals surface area contributed by atoms with Crippen LogP contribution in [0.1, 0.15) is 46.1 Å². The fourth-order valence-electron chi connectivity index (χ4n) is 2.46. The highest BCUT2D eigenvalue weighted by Gasteiger charge is 2.14. The molecule has 1 aromatic carbocycles. The third kappa shape index (κ3) is 5.51. The van der Waals surface area contributed by atoms with Gasteiger partial charge in [0, 0.05) is 13.1 Å². The quantitative estimate of drug-likeness (QED) is 0.688. The SMILES string of the molecule is CCOc1cc(CN(CC)CC(CC)CC)cc(Br)c1O. The molecule has 3 nitrogen and oxygen atoms in total. The highest BCUT2D eigenvalue weighted by atomic mass is 79.9. The second-order valence-electron chi connectivity index (χ2n) is 5.37. The lowest BCUT2D eigenvalue weighted by Crippen LogP contribution is -2.28. The van der Waals surface area contributed by atoms with Gasteiger partial charge in [0.05, 0.1) is 11.1 Å². The minimum absolute atomic E-state index is 0.184. The molecule has 0 atom stereocenters. The number of hydrogen-bond acceptors (Lipinski definition) is 3. The summed E-state index contributed by atoms with van der Waals surface area (Å²) in [6.07, 6.45) is 2.44. The number of hydrogen-bond donors (Lipinski definition) is 1. The molecule has 0 aliphatic carbocycles. The molecule has 0 radical (unpaired) electrons. The van der Waals surface area contributed by atoms with Crippen molar-refractivity contribution < 1.29 is 9.84 Å². The summed E-state index contributed by atoms with van der Waals surface area (Å²) in [5, 5.41) is 9.98. The van der Waals surface area contributed by atoms with Crippen LogP contribution in [-0.4, -0.2) is 29.7 Å². The smallest absolute Gasteiger partial charge is 0.172 e. The number of benzene rings is 1. The number of aromatic hydroxyl groups is 1. The molecular weight excluding hydrogens is 330 g/mol. The van der Waals surface area contributed by atoms with E-state index < -0.39 is 0 Å². The lowest BCUT2D eigenvalue weighted by atomic mass is 10.0. The maximum atomic E-state index is 9.98. The first-order valence-electron chi connectivity index (χ1n) is 7.92. The summed E-state index contributed by atoms with van der Waals surface area (Å²) in [6, 6.07) is 3.92. The van der Waals surface area contributed by atoms with Crippen molar-refractivity contribution in [2.75, 3.05) is 19.7 Å². The summed E-state index contributed by atoms with van der Waals surface area (Å²) >= 11 is 3.41. The molecule has 0 unspecified atom stereocenters. The van der Waals surface area contributed by atoms with Crippen molar-refractivity contribution in [1.82, 2.24) is 4.90 Å². The highest BCUT2D eigenvalue weighted by Crippen LogP contribution is 2.35. The van der Waals surface area contributed by atoms with Gasteiger partial charge in [-0.1, -0.05) is 33.6 Å². The second-order valence-corrected chi connectivity index (χ2v) is 6.22. The first-order valence-corrected chi connectivity index (χ1v) is 8.71. The second kappa shape index (κ2) is 9.31. The molecule has 0 bridgehead atoms. The predicted molar refractivity (Wildman–Crippen MR) is 92.0 cm³/mol. The van der Waals surface area contributed by atoms with E-state index in [1.54, 1.807) is 0 Å². The van der Waals surface area contributed by atoms with E-state index in [9.17, 15) is 5.11 Å².